The maximum Gasteiger partial charge on any atom is 0.339 e. The van der Waals surface area contributed by atoms with Crippen molar-refractivity contribution >= 4 is 28.6 Å². The third-order valence-electron chi connectivity index (χ3n) is 6.82. The van der Waals surface area contributed by atoms with Crippen molar-refractivity contribution < 1.29 is 14.3 Å². The molecule has 7 nitrogen and oxygen atoms in total. The number of carbonyl (C=O) groups is 2. The van der Waals surface area contributed by atoms with E-state index in [0.29, 0.717) is 11.3 Å². The average molecular weight is 467 g/mol. The summed E-state index contributed by atoms with van der Waals surface area (Å²) < 4.78 is 7.68. The summed E-state index contributed by atoms with van der Waals surface area (Å²) in [6, 6.07) is 23.6. The fourth-order valence-electron chi connectivity index (χ4n) is 5.02. The quantitative estimate of drug-likeness (QED) is 0.428. The van der Waals surface area contributed by atoms with E-state index in [1.165, 1.54) is 5.56 Å². The summed E-state index contributed by atoms with van der Waals surface area (Å²) in [6.45, 7) is 3.71. The fraction of sp³-hybridized carbons (Fsp3) is 0.250. The van der Waals surface area contributed by atoms with Crippen molar-refractivity contribution in [1.29, 1.82) is 0 Å². The van der Waals surface area contributed by atoms with Crippen molar-refractivity contribution in [1.82, 2.24) is 14.5 Å². The lowest BCUT2D eigenvalue weighted by Crippen LogP contribution is -2.35. The Morgan fingerprint density at radius 3 is 2.74 bits per heavy atom. The van der Waals surface area contributed by atoms with Crippen LogP contribution in [0.25, 0.3) is 11.0 Å². The SMILES string of the molecule is O=C(C[C@@H]1OC(=O)c2ccccc21)Nc1ccc2c(c1)nc1n2CCN(CCc2ccccc2)C1. The van der Waals surface area contributed by atoms with Gasteiger partial charge in [0.2, 0.25) is 5.91 Å². The van der Waals surface area contributed by atoms with Crippen LogP contribution < -0.4 is 5.32 Å². The third kappa shape index (κ3) is 4.31. The van der Waals surface area contributed by atoms with E-state index >= 15 is 0 Å². The molecule has 6 rings (SSSR count). The van der Waals surface area contributed by atoms with Crippen LogP contribution in [0.2, 0.25) is 0 Å². The minimum absolute atomic E-state index is 0.0802. The molecule has 1 N–H and O–H groups in total. The molecule has 4 aromatic rings. The minimum atomic E-state index is -0.552. The Hall–Kier alpha value is -3.97. The number of amides is 1. The van der Waals surface area contributed by atoms with Gasteiger partial charge in [0.15, 0.2) is 0 Å². The number of carbonyl (C=O) groups excluding carboxylic acids is 2. The van der Waals surface area contributed by atoms with Gasteiger partial charge in [0.25, 0.3) is 0 Å². The van der Waals surface area contributed by atoms with E-state index in [4.69, 9.17) is 9.72 Å². The summed E-state index contributed by atoms with van der Waals surface area (Å²) in [7, 11) is 0. The van der Waals surface area contributed by atoms with Crippen LogP contribution in [-0.4, -0.2) is 39.4 Å². The van der Waals surface area contributed by atoms with E-state index in [-0.39, 0.29) is 18.3 Å². The molecule has 0 bridgehead atoms. The molecule has 1 atom stereocenters. The number of esters is 1. The molecule has 0 saturated heterocycles. The van der Waals surface area contributed by atoms with Gasteiger partial charge in [-0.15, -0.1) is 0 Å². The van der Waals surface area contributed by atoms with Gasteiger partial charge in [-0.25, -0.2) is 9.78 Å². The summed E-state index contributed by atoms with van der Waals surface area (Å²) in [4.78, 5) is 32.1. The number of benzene rings is 3. The smallest absolute Gasteiger partial charge is 0.339 e. The Morgan fingerprint density at radius 1 is 1.03 bits per heavy atom. The highest BCUT2D eigenvalue weighted by molar-refractivity contribution is 5.97. The fourth-order valence-corrected chi connectivity index (χ4v) is 5.02. The van der Waals surface area contributed by atoms with E-state index < -0.39 is 6.10 Å². The summed E-state index contributed by atoms with van der Waals surface area (Å²) in [6.07, 6.45) is 0.554. The van der Waals surface area contributed by atoms with Gasteiger partial charge in [0, 0.05) is 30.9 Å². The standard InChI is InChI=1S/C28H26N4O3/c33-27(17-25-21-8-4-5-9-22(21)28(34)35-25)29-20-10-11-24-23(16-20)30-26-18-31(14-15-32(24)26)13-12-19-6-2-1-3-7-19/h1-11,16,25H,12-15,17-18H2,(H,29,33)/t25-/m0/s1. The van der Waals surface area contributed by atoms with E-state index in [9.17, 15) is 9.59 Å². The number of hydrogen-bond acceptors (Lipinski definition) is 5. The van der Waals surface area contributed by atoms with E-state index in [1.807, 2.05) is 36.4 Å². The maximum atomic E-state index is 12.7. The molecule has 2 aliphatic heterocycles. The molecule has 35 heavy (non-hydrogen) atoms. The highest BCUT2D eigenvalue weighted by Gasteiger charge is 2.32. The van der Waals surface area contributed by atoms with Crippen molar-refractivity contribution in [2.24, 2.45) is 0 Å². The molecule has 7 heteroatoms. The molecule has 0 saturated carbocycles. The molecule has 1 aromatic heterocycles. The topological polar surface area (TPSA) is 76.5 Å². The lowest BCUT2D eigenvalue weighted by Gasteiger charge is -2.27. The number of rotatable bonds is 6. The first-order valence-electron chi connectivity index (χ1n) is 12.0. The number of aromatic nitrogens is 2. The van der Waals surface area contributed by atoms with Crippen molar-refractivity contribution in [3.63, 3.8) is 0 Å². The Kier molecular flexibility index (Phi) is 5.54. The highest BCUT2D eigenvalue weighted by atomic mass is 16.5. The number of nitrogens with zero attached hydrogens (tertiary/aromatic N) is 3. The number of imidazole rings is 1. The van der Waals surface area contributed by atoms with E-state index in [2.05, 4.69) is 39.0 Å². The van der Waals surface area contributed by atoms with E-state index in [0.717, 1.165) is 55.0 Å². The Balaban J connectivity index is 1.12. The Bertz CT molecular complexity index is 1410. The van der Waals surface area contributed by atoms with Crippen LogP contribution in [-0.2, 0) is 29.0 Å². The van der Waals surface area contributed by atoms with Crippen molar-refractivity contribution in [3.8, 4) is 0 Å². The van der Waals surface area contributed by atoms with Crippen LogP contribution in [0.5, 0.6) is 0 Å². The zero-order valence-corrected chi connectivity index (χ0v) is 19.3. The molecule has 0 aliphatic carbocycles. The lowest BCUT2D eigenvalue weighted by molar-refractivity contribution is -0.118. The summed E-state index contributed by atoms with van der Waals surface area (Å²) >= 11 is 0. The molecule has 0 spiro atoms. The summed E-state index contributed by atoms with van der Waals surface area (Å²) in [5.41, 5.74) is 5.30. The Labute approximate surface area is 203 Å². The van der Waals surface area contributed by atoms with Crippen LogP contribution in [0, 0.1) is 0 Å². The molecule has 0 fully saturated rings. The second kappa shape index (κ2) is 9.00. The van der Waals surface area contributed by atoms with Gasteiger partial charge in [-0.2, -0.15) is 0 Å². The first kappa shape index (κ1) is 21.6. The molecule has 3 aromatic carbocycles. The molecule has 0 unspecified atom stereocenters. The monoisotopic (exact) mass is 466 g/mol. The second-order valence-corrected chi connectivity index (χ2v) is 9.13. The second-order valence-electron chi connectivity index (χ2n) is 9.13. The number of ether oxygens (including phenoxy) is 1. The van der Waals surface area contributed by atoms with Crippen LogP contribution in [0.4, 0.5) is 5.69 Å². The van der Waals surface area contributed by atoms with Gasteiger partial charge in [0.1, 0.15) is 11.9 Å². The number of hydrogen-bond donors (Lipinski definition) is 1. The summed E-state index contributed by atoms with van der Waals surface area (Å²) in [5.74, 6) is 0.480. The first-order valence-corrected chi connectivity index (χ1v) is 12.0. The number of anilines is 1. The lowest BCUT2D eigenvalue weighted by atomic mass is 10.0. The molecule has 176 valence electrons. The van der Waals surface area contributed by atoms with Crippen LogP contribution in [0.1, 0.15) is 39.8 Å². The largest absolute Gasteiger partial charge is 0.453 e. The molecule has 2 aliphatic rings. The molecule has 3 heterocycles. The van der Waals surface area contributed by atoms with Crippen LogP contribution in [0.3, 0.4) is 0 Å². The zero-order valence-electron chi connectivity index (χ0n) is 19.3. The van der Waals surface area contributed by atoms with E-state index in [1.54, 1.807) is 12.1 Å². The number of cyclic esters (lactones) is 1. The number of fused-ring (bicyclic) bond motifs is 4. The van der Waals surface area contributed by atoms with Gasteiger partial charge in [-0.1, -0.05) is 48.5 Å². The van der Waals surface area contributed by atoms with Crippen molar-refractivity contribution in [2.75, 3.05) is 18.4 Å². The Morgan fingerprint density at radius 2 is 1.86 bits per heavy atom. The summed E-state index contributed by atoms with van der Waals surface area (Å²) in [5, 5.41) is 2.94. The third-order valence-corrected chi connectivity index (χ3v) is 6.82. The van der Waals surface area contributed by atoms with Crippen LogP contribution >= 0.6 is 0 Å². The predicted molar refractivity (Wildman–Crippen MR) is 133 cm³/mol. The van der Waals surface area contributed by atoms with Gasteiger partial charge >= 0.3 is 5.97 Å². The minimum Gasteiger partial charge on any atom is -0.453 e. The van der Waals surface area contributed by atoms with Crippen molar-refractivity contribution in [3.05, 3.63) is 95.3 Å². The average Bonchev–Trinajstić information content (AvgIpc) is 3.39. The first-order chi connectivity index (χ1) is 17.1. The van der Waals surface area contributed by atoms with Gasteiger partial charge in [-0.3, -0.25) is 9.69 Å². The normalized spacial score (nSPS) is 17.1. The van der Waals surface area contributed by atoms with Gasteiger partial charge < -0.3 is 14.6 Å². The van der Waals surface area contributed by atoms with Gasteiger partial charge in [0.05, 0.1) is 29.6 Å². The molecular formula is C28H26N4O3. The van der Waals surface area contributed by atoms with Crippen molar-refractivity contribution in [2.45, 2.75) is 32.0 Å². The molecular weight excluding hydrogens is 440 g/mol. The zero-order chi connectivity index (χ0) is 23.8. The molecule has 1 amide bonds. The van der Waals surface area contributed by atoms with Gasteiger partial charge in [-0.05, 0) is 36.2 Å². The molecule has 0 radical (unpaired) electrons. The maximum absolute atomic E-state index is 12.7. The van der Waals surface area contributed by atoms with Crippen LogP contribution in [0.15, 0.2) is 72.8 Å². The number of nitrogens with one attached hydrogen (secondary N) is 1. The highest BCUT2D eigenvalue weighted by Crippen LogP contribution is 2.33. The predicted octanol–water partition coefficient (Wildman–Crippen LogP) is 4.33.